The molecule has 1 aromatic heterocycles. The second-order valence-electron chi connectivity index (χ2n) is 4.86. The highest BCUT2D eigenvalue weighted by Crippen LogP contribution is 2.22. The van der Waals surface area contributed by atoms with Gasteiger partial charge in [-0.1, -0.05) is 18.5 Å². The minimum Gasteiger partial charge on any atom is -0.344 e. The number of hydrogen-bond donors (Lipinski definition) is 1. The molecule has 1 fully saturated rings. The summed E-state index contributed by atoms with van der Waals surface area (Å²) in [4.78, 5) is 13.6. The Balaban J connectivity index is 2.07. The van der Waals surface area contributed by atoms with Crippen molar-refractivity contribution < 1.29 is 4.79 Å². The van der Waals surface area contributed by atoms with Gasteiger partial charge in [0.15, 0.2) is 0 Å². The smallest absolute Gasteiger partial charge is 0.239 e. The van der Waals surface area contributed by atoms with Gasteiger partial charge < -0.3 is 10.2 Å². The van der Waals surface area contributed by atoms with Gasteiger partial charge in [0.2, 0.25) is 5.91 Å². The Morgan fingerprint density at radius 3 is 2.74 bits per heavy atom. The zero-order valence-electron chi connectivity index (χ0n) is 11.7. The molecule has 1 unspecified atom stereocenters. The fourth-order valence-electron chi connectivity index (χ4n) is 2.42. The van der Waals surface area contributed by atoms with Gasteiger partial charge in [0, 0.05) is 26.7 Å². The van der Waals surface area contributed by atoms with Crippen LogP contribution in [-0.4, -0.2) is 40.2 Å². The first-order valence-electron chi connectivity index (χ1n) is 6.80. The lowest BCUT2D eigenvalue weighted by molar-refractivity contribution is -0.128. The van der Waals surface area contributed by atoms with E-state index in [9.17, 15) is 4.79 Å². The van der Waals surface area contributed by atoms with Gasteiger partial charge in [0.25, 0.3) is 0 Å². The van der Waals surface area contributed by atoms with E-state index in [1.165, 1.54) is 0 Å². The zero-order valence-corrected chi connectivity index (χ0v) is 12.5. The second-order valence-corrected chi connectivity index (χ2v) is 5.24. The summed E-state index contributed by atoms with van der Waals surface area (Å²) in [6, 6.07) is -0.0913. The van der Waals surface area contributed by atoms with Crippen molar-refractivity contribution in [1.29, 1.82) is 0 Å². The van der Waals surface area contributed by atoms with Crippen LogP contribution in [0.2, 0.25) is 5.02 Å². The average molecular weight is 285 g/mol. The third kappa shape index (κ3) is 2.77. The molecule has 2 heterocycles. The number of rotatable bonds is 5. The Bertz CT molecular complexity index is 471. The first-order chi connectivity index (χ1) is 9.08. The van der Waals surface area contributed by atoms with Crippen LogP contribution in [0.5, 0.6) is 0 Å². The number of likely N-dealkylation sites (tertiary alicyclic amines) is 1. The molecule has 2 rings (SSSR count). The van der Waals surface area contributed by atoms with Gasteiger partial charge in [0.05, 0.1) is 22.5 Å². The monoisotopic (exact) mass is 284 g/mol. The standard InChI is InChI=1S/C13H21ClN4O/c1-4-9-12(14)11(18(5-2)16-9)8-15-10-6-7-17(3)13(10)19/h10,15H,4-8H2,1-3H3. The summed E-state index contributed by atoms with van der Waals surface area (Å²) < 4.78 is 1.91. The van der Waals surface area contributed by atoms with Crippen LogP contribution in [0.15, 0.2) is 0 Å². The van der Waals surface area contributed by atoms with E-state index in [4.69, 9.17) is 11.6 Å². The van der Waals surface area contributed by atoms with Gasteiger partial charge in [-0.2, -0.15) is 5.10 Å². The SMILES string of the molecule is CCc1nn(CC)c(CNC2CCN(C)C2=O)c1Cl. The average Bonchev–Trinajstić information content (AvgIpc) is 2.89. The third-order valence-corrected chi connectivity index (χ3v) is 4.07. The molecule has 1 saturated heterocycles. The van der Waals surface area contributed by atoms with Crippen LogP contribution >= 0.6 is 11.6 Å². The molecule has 0 radical (unpaired) electrons. The molecule has 0 spiro atoms. The number of amides is 1. The molecule has 0 bridgehead atoms. The fourth-order valence-corrected chi connectivity index (χ4v) is 2.75. The van der Waals surface area contributed by atoms with Gasteiger partial charge in [0.1, 0.15) is 0 Å². The van der Waals surface area contributed by atoms with E-state index >= 15 is 0 Å². The fraction of sp³-hybridized carbons (Fsp3) is 0.692. The van der Waals surface area contributed by atoms with Crippen LogP contribution in [0.25, 0.3) is 0 Å². The maximum atomic E-state index is 11.8. The number of nitrogens with one attached hydrogen (secondary N) is 1. The number of carbonyl (C=O) groups excluding carboxylic acids is 1. The Labute approximate surface area is 118 Å². The molecule has 0 aliphatic carbocycles. The molecule has 1 aromatic rings. The first kappa shape index (κ1) is 14.3. The van der Waals surface area contributed by atoms with Crippen LogP contribution in [-0.2, 0) is 24.3 Å². The number of likely N-dealkylation sites (N-methyl/N-ethyl adjacent to an activating group) is 1. The predicted molar refractivity (Wildman–Crippen MR) is 75.2 cm³/mol. The van der Waals surface area contributed by atoms with Crippen molar-refractivity contribution in [2.45, 2.75) is 45.8 Å². The molecule has 1 aliphatic heterocycles. The quantitative estimate of drug-likeness (QED) is 0.890. The highest BCUT2D eigenvalue weighted by molar-refractivity contribution is 6.31. The van der Waals surface area contributed by atoms with E-state index < -0.39 is 0 Å². The third-order valence-electron chi connectivity index (χ3n) is 3.64. The molecule has 1 N–H and O–H groups in total. The van der Waals surface area contributed by atoms with Crippen LogP contribution in [0.1, 0.15) is 31.7 Å². The van der Waals surface area contributed by atoms with Gasteiger partial charge in [-0.25, -0.2) is 0 Å². The lowest BCUT2D eigenvalue weighted by atomic mass is 10.2. The molecule has 5 nitrogen and oxygen atoms in total. The molecule has 106 valence electrons. The van der Waals surface area contributed by atoms with Crippen molar-refractivity contribution in [3.05, 3.63) is 16.4 Å². The molecule has 19 heavy (non-hydrogen) atoms. The summed E-state index contributed by atoms with van der Waals surface area (Å²) in [5.74, 6) is 0.161. The topological polar surface area (TPSA) is 50.2 Å². The number of nitrogens with zero attached hydrogens (tertiary/aromatic N) is 3. The maximum Gasteiger partial charge on any atom is 0.239 e. The van der Waals surface area contributed by atoms with Gasteiger partial charge >= 0.3 is 0 Å². The van der Waals surface area contributed by atoms with Crippen molar-refractivity contribution in [1.82, 2.24) is 20.0 Å². The number of halogens is 1. The lowest BCUT2D eigenvalue weighted by Crippen LogP contribution is -2.36. The molecule has 1 atom stereocenters. The van der Waals surface area contributed by atoms with E-state index in [1.54, 1.807) is 4.90 Å². The molecular weight excluding hydrogens is 264 g/mol. The van der Waals surface area contributed by atoms with Crippen molar-refractivity contribution in [3.63, 3.8) is 0 Å². The number of carbonyl (C=O) groups is 1. The van der Waals surface area contributed by atoms with Gasteiger partial charge in [-0.05, 0) is 19.8 Å². The molecule has 0 saturated carbocycles. The maximum absolute atomic E-state index is 11.8. The lowest BCUT2D eigenvalue weighted by Gasteiger charge is -2.13. The summed E-state index contributed by atoms with van der Waals surface area (Å²) in [5.41, 5.74) is 1.90. The van der Waals surface area contributed by atoms with Crippen LogP contribution in [0.3, 0.4) is 0 Å². The zero-order chi connectivity index (χ0) is 14.0. The molecule has 1 amide bonds. The minimum atomic E-state index is -0.0913. The van der Waals surface area contributed by atoms with E-state index in [0.717, 1.165) is 42.3 Å². The minimum absolute atomic E-state index is 0.0913. The number of hydrogen-bond acceptors (Lipinski definition) is 3. The normalized spacial score (nSPS) is 19.5. The van der Waals surface area contributed by atoms with E-state index in [-0.39, 0.29) is 11.9 Å². The predicted octanol–water partition coefficient (Wildman–Crippen LogP) is 1.44. The Morgan fingerprint density at radius 1 is 1.47 bits per heavy atom. The van der Waals surface area contributed by atoms with E-state index in [2.05, 4.69) is 10.4 Å². The molecular formula is C13H21ClN4O. The number of aryl methyl sites for hydroxylation is 2. The summed E-state index contributed by atoms with van der Waals surface area (Å²) in [7, 11) is 1.84. The number of aromatic nitrogens is 2. The van der Waals surface area contributed by atoms with Gasteiger partial charge in [-0.3, -0.25) is 9.48 Å². The van der Waals surface area contributed by atoms with Crippen LogP contribution in [0, 0.1) is 0 Å². The van der Waals surface area contributed by atoms with Crippen molar-refractivity contribution >= 4 is 17.5 Å². The highest BCUT2D eigenvalue weighted by Gasteiger charge is 2.29. The molecule has 1 aliphatic rings. The largest absolute Gasteiger partial charge is 0.344 e. The molecule has 0 aromatic carbocycles. The highest BCUT2D eigenvalue weighted by atomic mass is 35.5. The second kappa shape index (κ2) is 5.92. The summed E-state index contributed by atoms with van der Waals surface area (Å²) in [5, 5.41) is 8.50. The Hall–Kier alpha value is -1.07. The molecule has 6 heteroatoms. The van der Waals surface area contributed by atoms with Gasteiger partial charge in [-0.15, -0.1) is 0 Å². The Kier molecular flexibility index (Phi) is 4.47. The summed E-state index contributed by atoms with van der Waals surface area (Å²) in [6.45, 7) is 6.28. The summed E-state index contributed by atoms with van der Waals surface area (Å²) >= 11 is 6.34. The Morgan fingerprint density at radius 2 is 2.21 bits per heavy atom. The van der Waals surface area contributed by atoms with E-state index in [0.29, 0.717) is 6.54 Å². The van der Waals surface area contributed by atoms with Crippen molar-refractivity contribution in [2.24, 2.45) is 0 Å². The van der Waals surface area contributed by atoms with Crippen LogP contribution < -0.4 is 5.32 Å². The van der Waals surface area contributed by atoms with Crippen LogP contribution in [0.4, 0.5) is 0 Å². The van der Waals surface area contributed by atoms with Crippen molar-refractivity contribution in [3.8, 4) is 0 Å². The summed E-state index contributed by atoms with van der Waals surface area (Å²) in [6.07, 6.45) is 1.68. The van der Waals surface area contributed by atoms with E-state index in [1.807, 2.05) is 25.6 Å². The van der Waals surface area contributed by atoms with Crippen molar-refractivity contribution in [2.75, 3.05) is 13.6 Å². The first-order valence-corrected chi connectivity index (χ1v) is 7.18.